The second-order valence-corrected chi connectivity index (χ2v) is 8.01. The van der Waals surface area contributed by atoms with Crippen LogP contribution >= 0.6 is 23.1 Å². The van der Waals surface area contributed by atoms with Crippen molar-refractivity contribution in [1.29, 1.82) is 0 Å². The average Bonchev–Trinajstić information content (AvgIpc) is 2.93. The number of fused-ring (bicyclic) bond motifs is 1. The minimum atomic E-state index is -0.0657. The molecule has 3 nitrogen and oxygen atoms in total. The molecular formula is C20H22N2OS2. The third kappa shape index (κ3) is 4.22. The minimum Gasteiger partial charge on any atom is -0.317 e. The van der Waals surface area contributed by atoms with Gasteiger partial charge in [-0.25, -0.2) is 0 Å². The number of nitrogens with zero attached hydrogens (tertiary/aromatic N) is 2. The molecule has 130 valence electrons. The van der Waals surface area contributed by atoms with E-state index in [4.69, 9.17) is 0 Å². The summed E-state index contributed by atoms with van der Waals surface area (Å²) in [6.07, 6.45) is 0. The van der Waals surface area contributed by atoms with Crippen molar-refractivity contribution in [2.45, 2.75) is 33.1 Å². The molecule has 0 aliphatic carbocycles. The summed E-state index contributed by atoms with van der Waals surface area (Å²) < 4.78 is 3.36. The van der Waals surface area contributed by atoms with Gasteiger partial charge in [0.05, 0.1) is 16.0 Å². The fourth-order valence-corrected chi connectivity index (χ4v) is 4.80. The number of carbonyl (C=O) groups is 1. The maximum atomic E-state index is 12.3. The van der Waals surface area contributed by atoms with Crippen molar-refractivity contribution in [3.8, 4) is 0 Å². The van der Waals surface area contributed by atoms with Gasteiger partial charge in [0.2, 0.25) is 0 Å². The molecule has 0 aliphatic heterocycles. The van der Waals surface area contributed by atoms with Gasteiger partial charge < -0.3 is 4.57 Å². The maximum absolute atomic E-state index is 12.3. The summed E-state index contributed by atoms with van der Waals surface area (Å²) in [7, 11) is 0. The van der Waals surface area contributed by atoms with E-state index in [0.29, 0.717) is 5.75 Å². The number of hydrogen-bond acceptors (Lipinski definition) is 3. The van der Waals surface area contributed by atoms with E-state index < -0.39 is 0 Å². The van der Waals surface area contributed by atoms with Crippen molar-refractivity contribution >= 4 is 39.2 Å². The highest BCUT2D eigenvalue weighted by atomic mass is 32.2. The van der Waals surface area contributed by atoms with Gasteiger partial charge in [0.1, 0.15) is 0 Å². The number of benzene rings is 2. The third-order valence-corrected chi connectivity index (χ3v) is 6.21. The van der Waals surface area contributed by atoms with Crippen molar-refractivity contribution in [2.24, 2.45) is 4.99 Å². The highest BCUT2D eigenvalue weighted by Gasteiger charge is 2.09. The van der Waals surface area contributed by atoms with Crippen molar-refractivity contribution in [3.05, 3.63) is 64.0 Å². The van der Waals surface area contributed by atoms with Gasteiger partial charge in [-0.1, -0.05) is 47.7 Å². The topological polar surface area (TPSA) is 34.4 Å². The summed E-state index contributed by atoms with van der Waals surface area (Å²) in [5.74, 6) is 1.18. The highest BCUT2D eigenvalue weighted by molar-refractivity contribution is 7.99. The molecular weight excluding hydrogens is 348 g/mol. The fraction of sp³-hybridized carbons (Fsp3) is 0.300. The first kappa shape index (κ1) is 18.0. The van der Waals surface area contributed by atoms with Crippen LogP contribution in [-0.2, 0) is 17.1 Å². The Labute approximate surface area is 156 Å². The number of rotatable bonds is 5. The Morgan fingerprint density at radius 3 is 2.68 bits per heavy atom. The van der Waals surface area contributed by atoms with E-state index in [1.54, 1.807) is 23.1 Å². The lowest BCUT2D eigenvalue weighted by Gasteiger charge is -2.03. The van der Waals surface area contributed by atoms with E-state index in [1.807, 2.05) is 18.2 Å². The zero-order chi connectivity index (χ0) is 17.8. The van der Waals surface area contributed by atoms with Gasteiger partial charge in [-0.2, -0.15) is 4.99 Å². The van der Waals surface area contributed by atoms with E-state index in [0.717, 1.165) is 17.1 Å². The molecule has 0 radical (unpaired) electrons. The van der Waals surface area contributed by atoms with Crippen LogP contribution in [0.5, 0.6) is 0 Å². The van der Waals surface area contributed by atoms with E-state index in [1.165, 1.54) is 26.9 Å². The van der Waals surface area contributed by atoms with Crippen LogP contribution in [0.2, 0.25) is 0 Å². The van der Waals surface area contributed by atoms with Crippen molar-refractivity contribution in [2.75, 3.05) is 5.75 Å². The molecule has 0 saturated carbocycles. The smallest absolute Gasteiger partial charge is 0.258 e. The summed E-state index contributed by atoms with van der Waals surface area (Å²) in [5, 5.41) is 0. The van der Waals surface area contributed by atoms with E-state index in [2.05, 4.69) is 54.6 Å². The Morgan fingerprint density at radius 1 is 1.20 bits per heavy atom. The van der Waals surface area contributed by atoms with Crippen LogP contribution in [-0.4, -0.2) is 16.2 Å². The summed E-state index contributed by atoms with van der Waals surface area (Å²) in [6.45, 7) is 7.13. The molecule has 25 heavy (non-hydrogen) atoms. The molecule has 3 rings (SSSR count). The van der Waals surface area contributed by atoms with Crippen LogP contribution < -0.4 is 4.80 Å². The fourth-order valence-electron chi connectivity index (χ4n) is 2.87. The second-order valence-electron chi connectivity index (χ2n) is 6.04. The van der Waals surface area contributed by atoms with E-state index >= 15 is 0 Å². The summed E-state index contributed by atoms with van der Waals surface area (Å²) in [6, 6.07) is 14.6. The first-order valence-electron chi connectivity index (χ1n) is 8.38. The van der Waals surface area contributed by atoms with Crippen LogP contribution in [0.3, 0.4) is 0 Å². The number of thiazole rings is 1. The standard InChI is InChI=1S/C20H22N2OS2/c1-4-22-17-11-14(2)10-15(3)19(17)25-20(22)21-18(23)13-24-12-16-8-6-5-7-9-16/h5-11H,4,12-13H2,1-3H3. The lowest BCUT2D eigenvalue weighted by molar-refractivity contribution is -0.115. The quantitative estimate of drug-likeness (QED) is 0.652. The van der Waals surface area contributed by atoms with Crippen LogP contribution in [0.4, 0.5) is 0 Å². The molecule has 1 heterocycles. The van der Waals surface area contributed by atoms with E-state index in [-0.39, 0.29) is 5.91 Å². The predicted octanol–water partition coefficient (Wildman–Crippen LogP) is 4.70. The van der Waals surface area contributed by atoms with Crippen LogP contribution in [0, 0.1) is 13.8 Å². The van der Waals surface area contributed by atoms with Gasteiger partial charge in [0, 0.05) is 12.3 Å². The molecule has 0 atom stereocenters. The normalized spacial score (nSPS) is 12.0. The van der Waals surface area contributed by atoms with Gasteiger partial charge in [-0.05, 0) is 43.5 Å². The molecule has 0 unspecified atom stereocenters. The predicted molar refractivity (Wildman–Crippen MR) is 108 cm³/mol. The van der Waals surface area contributed by atoms with Gasteiger partial charge >= 0.3 is 0 Å². The first-order valence-corrected chi connectivity index (χ1v) is 10.4. The number of aryl methyl sites for hydroxylation is 3. The van der Waals surface area contributed by atoms with Gasteiger partial charge in [-0.3, -0.25) is 4.79 Å². The number of aromatic nitrogens is 1. The molecule has 0 saturated heterocycles. The molecule has 3 aromatic rings. The molecule has 0 spiro atoms. The summed E-state index contributed by atoms with van der Waals surface area (Å²) in [4.78, 5) is 17.5. The Morgan fingerprint density at radius 2 is 1.96 bits per heavy atom. The largest absolute Gasteiger partial charge is 0.317 e. The highest BCUT2D eigenvalue weighted by Crippen LogP contribution is 2.23. The zero-order valence-electron chi connectivity index (χ0n) is 14.8. The maximum Gasteiger partial charge on any atom is 0.258 e. The molecule has 1 amide bonds. The monoisotopic (exact) mass is 370 g/mol. The van der Waals surface area contributed by atoms with Gasteiger partial charge in [0.15, 0.2) is 4.80 Å². The SMILES string of the molecule is CCn1c(=NC(=O)CSCc2ccccc2)sc2c(C)cc(C)cc21. The molecule has 0 N–H and O–H groups in total. The molecule has 0 bridgehead atoms. The Hall–Kier alpha value is -1.85. The van der Waals surface area contributed by atoms with Crippen molar-refractivity contribution in [3.63, 3.8) is 0 Å². The Bertz CT molecular complexity index is 955. The molecule has 5 heteroatoms. The van der Waals surface area contributed by atoms with Crippen molar-refractivity contribution in [1.82, 2.24) is 4.57 Å². The first-order chi connectivity index (χ1) is 12.1. The van der Waals surface area contributed by atoms with Crippen LogP contribution in [0.25, 0.3) is 10.2 Å². The number of thioether (sulfide) groups is 1. The number of hydrogen-bond donors (Lipinski definition) is 0. The average molecular weight is 371 g/mol. The van der Waals surface area contributed by atoms with Crippen molar-refractivity contribution < 1.29 is 4.79 Å². The van der Waals surface area contributed by atoms with Gasteiger partial charge in [-0.15, -0.1) is 11.8 Å². The zero-order valence-corrected chi connectivity index (χ0v) is 16.4. The lowest BCUT2D eigenvalue weighted by Crippen LogP contribution is -2.16. The molecule has 1 aromatic heterocycles. The Kier molecular flexibility index (Phi) is 5.76. The third-order valence-electron chi connectivity index (χ3n) is 3.99. The minimum absolute atomic E-state index is 0.0657. The summed E-state index contributed by atoms with van der Waals surface area (Å²) in [5.41, 5.74) is 4.89. The van der Waals surface area contributed by atoms with E-state index in [9.17, 15) is 4.79 Å². The molecule has 0 aliphatic rings. The lowest BCUT2D eigenvalue weighted by atomic mass is 10.1. The number of carbonyl (C=O) groups excluding carboxylic acids is 1. The molecule has 2 aromatic carbocycles. The Balaban J connectivity index is 1.80. The van der Waals surface area contributed by atoms with Crippen LogP contribution in [0.15, 0.2) is 47.5 Å². The molecule has 0 fully saturated rings. The van der Waals surface area contributed by atoms with Gasteiger partial charge in [0.25, 0.3) is 5.91 Å². The summed E-state index contributed by atoms with van der Waals surface area (Å²) >= 11 is 3.22. The van der Waals surface area contributed by atoms with Crippen LogP contribution in [0.1, 0.15) is 23.6 Å². The second kappa shape index (κ2) is 8.02. The number of amides is 1.